The van der Waals surface area contributed by atoms with Crippen molar-refractivity contribution >= 4 is 17.5 Å². The third-order valence-corrected chi connectivity index (χ3v) is 4.22. The van der Waals surface area contributed by atoms with Crippen molar-refractivity contribution in [3.8, 4) is 0 Å². The van der Waals surface area contributed by atoms with Crippen molar-refractivity contribution in [1.82, 2.24) is 10.3 Å². The molecule has 2 atom stereocenters. The van der Waals surface area contributed by atoms with E-state index < -0.39 is 0 Å². The molecule has 0 aromatic heterocycles. The molecule has 1 fully saturated rings. The first-order chi connectivity index (χ1) is 10.1. The zero-order valence-corrected chi connectivity index (χ0v) is 12.9. The van der Waals surface area contributed by atoms with Gasteiger partial charge in [0.1, 0.15) is 5.71 Å². The Balaban J connectivity index is 1.67. The highest BCUT2D eigenvalue weighted by molar-refractivity contribution is 6.39. The number of carbonyl (C=O) groups excluding carboxylic acids is 2. The fourth-order valence-corrected chi connectivity index (χ4v) is 2.84. The van der Waals surface area contributed by atoms with Crippen LogP contribution in [-0.2, 0) is 14.3 Å². The summed E-state index contributed by atoms with van der Waals surface area (Å²) in [6, 6.07) is 0. The van der Waals surface area contributed by atoms with E-state index in [0.717, 1.165) is 6.42 Å². The SMILES string of the molecule is CC1CCCCC1OCCNC(=O)C1=NN(C)C(=O)CC1. The van der Waals surface area contributed by atoms with Crippen LogP contribution in [0.15, 0.2) is 5.10 Å². The van der Waals surface area contributed by atoms with Gasteiger partial charge in [-0.2, -0.15) is 5.10 Å². The van der Waals surface area contributed by atoms with E-state index in [1.165, 1.54) is 24.3 Å². The van der Waals surface area contributed by atoms with Gasteiger partial charge < -0.3 is 10.1 Å². The van der Waals surface area contributed by atoms with Gasteiger partial charge in [0.15, 0.2) is 0 Å². The summed E-state index contributed by atoms with van der Waals surface area (Å²) in [5.41, 5.74) is 0.420. The quantitative estimate of drug-likeness (QED) is 0.777. The number of amides is 2. The van der Waals surface area contributed by atoms with Gasteiger partial charge in [0.2, 0.25) is 5.91 Å². The van der Waals surface area contributed by atoms with Crippen molar-refractivity contribution in [3.63, 3.8) is 0 Å². The maximum Gasteiger partial charge on any atom is 0.267 e. The molecule has 6 heteroatoms. The molecule has 2 amide bonds. The molecule has 0 radical (unpaired) electrons. The minimum absolute atomic E-state index is 0.0545. The Labute approximate surface area is 125 Å². The summed E-state index contributed by atoms with van der Waals surface area (Å²) in [4.78, 5) is 23.2. The summed E-state index contributed by atoms with van der Waals surface area (Å²) >= 11 is 0. The summed E-state index contributed by atoms with van der Waals surface area (Å²) in [5, 5.41) is 8.04. The number of carbonyl (C=O) groups is 2. The standard InChI is InChI=1S/C15H25N3O3/c1-11-5-3-4-6-13(11)21-10-9-16-15(20)12-7-8-14(19)18(2)17-12/h11,13H,3-10H2,1-2H3,(H,16,20). The molecule has 21 heavy (non-hydrogen) atoms. The van der Waals surface area contributed by atoms with Crippen LogP contribution < -0.4 is 5.32 Å². The van der Waals surface area contributed by atoms with Crippen molar-refractivity contribution in [2.24, 2.45) is 11.0 Å². The zero-order chi connectivity index (χ0) is 15.2. The lowest BCUT2D eigenvalue weighted by Crippen LogP contribution is -2.39. The fourth-order valence-electron chi connectivity index (χ4n) is 2.84. The Morgan fingerprint density at radius 3 is 2.86 bits per heavy atom. The lowest BCUT2D eigenvalue weighted by atomic mass is 9.88. The minimum atomic E-state index is -0.199. The predicted molar refractivity (Wildman–Crippen MR) is 79.8 cm³/mol. The highest BCUT2D eigenvalue weighted by atomic mass is 16.5. The van der Waals surface area contributed by atoms with Gasteiger partial charge in [-0.25, -0.2) is 5.01 Å². The molecule has 2 unspecified atom stereocenters. The summed E-state index contributed by atoms with van der Waals surface area (Å²) in [7, 11) is 1.57. The molecule has 118 valence electrons. The molecule has 2 aliphatic rings. The maximum absolute atomic E-state index is 11.9. The normalized spacial score (nSPS) is 26.5. The van der Waals surface area contributed by atoms with Crippen LogP contribution in [0.1, 0.15) is 45.4 Å². The maximum atomic E-state index is 11.9. The van der Waals surface area contributed by atoms with Crippen molar-refractivity contribution in [2.75, 3.05) is 20.2 Å². The van der Waals surface area contributed by atoms with Crippen LogP contribution in [0.25, 0.3) is 0 Å². The van der Waals surface area contributed by atoms with Crippen molar-refractivity contribution in [2.45, 2.75) is 51.6 Å². The van der Waals surface area contributed by atoms with Gasteiger partial charge in [-0.15, -0.1) is 0 Å². The first kappa shape index (κ1) is 15.9. The molecule has 1 N–H and O–H groups in total. The number of nitrogens with zero attached hydrogens (tertiary/aromatic N) is 2. The van der Waals surface area contributed by atoms with Gasteiger partial charge in [-0.3, -0.25) is 9.59 Å². The Morgan fingerprint density at radius 1 is 1.38 bits per heavy atom. The predicted octanol–water partition coefficient (Wildman–Crippen LogP) is 1.31. The van der Waals surface area contributed by atoms with Crippen LogP contribution >= 0.6 is 0 Å². The van der Waals surface area contributed by atoms with Crippen LogP contribution in [0.2, 0.25) is 0 Å². The molecule has 1 aliphatic heterocycles. The van der Waals surface area contributed by atoms with Crippen LogP contribution in [0.3, 0.4) is 0 Å². The number of nitrogens with one attached hydrogen (secondary N) is 1. The first-order valence-electron chi connectivity index (χ1n) is 7.81. The monoisotopic (exact) mass is 295 g/mol. The van der Waals surface area contributed by atoms with E-state index in [4.69, 9.17) is 4.74 Å². The van der Waals surface area contributed by atoms with Crippen LogP contribution in [0.5, 0.6) is 0 Å². The summed E-state index contributed by atoms with van der Waals surface area (Å²) in [6.07, 6.45) is 5.96. The summed E-state index contributed by atoms with van der Waals surface area (Å²) in [5.74, 6) is 0.354. The zero-order valence-electron chi connectivity index (χ0n) is 12.9. The Bertz CT molecular complexity index is 422. The average molecular weight is 295 g/mol. The third-order valence-electron chi connectivity index (χ3n) is 4.22. The molecule has 6 nitrogen and oxygen atoms in total. The van der Waals surface area contributed by atoms with Gasteiger partial charge in [-0.05, 0) is 18.8 Å². The molecule has 2 rings (SSSR count). The van der Waals surface area contributed by atoms with Crippen molar-refractivity contribution < 1.29 is 14.3 Å². The van der Waals surface area contributed by atoms with Crippen molar-refractivity contribution in [1.29, 1.82) is 0 Å². The smallest absolute Gasteiger partial charge is 0.267 e. The topological polar surface area (TPSA) is 71.0 Å². The second-order valence-electron chi connectivity index (χ2n) is 5.89. The Hall–Kier alpha value is -1.43. The van der Waals surface area contributed by atoms with E-state index in [1.54, 1.807) is 7.05 Å². The highest BCUT2D eigenvalue weighted by Gasteiger charge is 2.23. The number of hydrazone groups is 1. The molecule has 0 bridgehead atoms. The summed E-state index contributed by atoms with van der Waals surface area (Å²) in [6.45, 7) is 3.24. The number of hydrogen-bond donors (Lipinski definition) is 1. The van der Waals surface area contributed by atoms with Gasteiger partial charge >= 0.3 is 0 Å². The van der Waals surface area contributed by atoms with Gasteiger partial charge in [-0.1, -0.05) is 19.8 Å². The minimum Gasteiger partial charge on any atom is -0.376 e. The van der Waals surface area contributed by atoms with Crippen LogP contribution in [0.4, 0.5) is 0 Å². The fraction of sp³-hybridized carbons (Fsp3) is 0.800. The van der Waals surface area contributed by atoms with Gasteiger partial charge in [0.25, 0.3) is 5.91 Å². The largest absolute Gasteiger partial charge is 0.376 e. The summed E-state index contributed by atoms with van der Waals surface area (Å²) < 4.78 is 5.85. The second-order valence-corrected chi connectivity index (χ2v) is 5.89. The van der Waals surface area contributed by atoms with E-state index in [0.29, 0.717) is 43.7 Å². The van der Waals surface area contributed by atoms with E-state index >= 15 is 0 Å². The number of hydrogen-bond acceptors (Lipinski definition) is 4. The molecular formula is C15H25N3O3. The molecule has 0 aromatic rings. The molecule has 1 heterocycles. The number of rotatable bonds is 5. The van der Waals surface area contributed by atoms with Crippen LogP contribution in [-0.4, -0.2) is 48.8 Å². The second kappa shape index (κ2) is 7.54. The molecule has 0 spiro atoms. The first-order valence-corrected chi connectivity index (χ1v) is 7.81. The van der Waals surface area contributed by atoms with E-state index in [2.05, 4.69) is 17.3 Å². The number of ether oxygens (including phenoxy) is 1. The Morgan fingerprint density at radius 2 is 2.14 bits per heavy atom. The van der Waals surface area contributed by atoms with Gasteiger partial charge in [0, 0.05) is 26.4 Å². The van der Waals surface area contributed by atoms with E-state index in [-0.39, 0.29) is 11.8 Å². The molecule has 1 saturated carbocycles. The average Bonchev–Trinajstić information content (AvgIpc) is 2.48. The Kier molecular flexibility index (Phi) is 5.73. The van der Waals surface area contributed by atoms with Crippen molar-refractivity contribution in [3.05, 3.63) is 0 Å². The third kappa shape index (κ3) is 4.52. The molecule has 0 saturated heterocycles. The lowest BCUT2D eigenvalue weighted by molar-refractivity contribution is -0.130. The van der Waals surface area contributed by atoms with Gasteiger partial charge in [0.05, 0.1) is 12.7 Å². The molecular weight excluding hydrogens is 270 g/mol. The highest BCUT2D eigenvalue weighted by Crippen LogP contribution is 2.25. The molecule has 0 aromatic carbocycles. The van der Waals surface area contributed by atoms with E-state index in [1.807, 2.05) is 0 Å². The lowest BCUT2D eigenvalue weighted by Gasteiger charge is -2.28. The molecule has 1 aliphatic carbocycles. The van der Waals surface area contributed by atoms with E-state index in [9.17, 15) is 9.59 Å². The van der Waals surface area contributed by atoms with Crippen LogP contribution in [0, 0.1) is 5.92 Å².